The molecule has 1 amide bonds. The molecule has 1 N–H and O–H groups in total. The monoisotopic (exact) mass is 351 g/mol. The Hall–Kier alpha value is -3.28. The number of anilines is 3. The maximum absolute atomic E-state index is 13.7. The van der Waals surface area contributed by atoms with Crippen molar-refractivity contribution in [3.63, 3.8) is 0 Å². The third-order valence-electron chi connectivity index (χ3n) is 4.37. The lowest BCUT2D eigenvalue weighted by molar-refractivity contribution is 0.102. The average Bonchev–Trinajstić information content (AvgIpc) is 3.09. The second kappa shape index (κ2) is 6.55. The van der Waals surface area contributed by atoms with Gasteiger partial charge in [-0.2, -0.15) is 0 Å². The summed E-state index contributed by atoms with van der Waals surface area (Å²) in [5.41, 5.74) is 2.10. The second-order valence-electron chi connectivity index (χ2n) is 5.98. The molecule has 0 spiro atoms. The van der Waals surface area contributed by atoms with Gasteiger partial charge in [-0.05, 0) is 42.3 Å². The SMILES string of the molecule is O=C(Nc1c(F)cccc1F)c1ccnc(N2CCc3ccccc32)c1. The fourth-order valence-electron chi connectivity index (χ4n) is 3.09. The predicted octanol–water partition coefficient (Wildman–Crippen LogP) is 4.31. The number of nitrogens with zero attached hydrogens (tertiary/aromatic N) is 2. The molecule has 4 rings (SSSR count). The van der Waals surface area contributed by atoms with Crippen molar-refractivity contribution in [2.24, 2.45) is 0 Å². The number of fused-ring (bicyclic) bond motifs is 1. The van der Waals surface area contributed by atoms with Crippen LogP contribution in [0.2, 0.25) is 0 Å². The summed E-state index contributed by atoms with van der Waals surface area (Å²) in [6.07, 6.45) is 2.41. The number of pyridine rings is 1. The maximum atomic E-state index is 13.7. The van der Waals surface area contributed by atoms with Crippen LogP contribution in [0.3, 0.4) is 0 Å². The predicted molar refractivity (Wildman–Crippen MR) is 95.7 cm³/mol. The Balaban J connectivity index is 1.61. The molecule has 6 heteroatoms. The molecule has 1 aromatic heterocycles. The second-order valence-corrected chi connectivity index (χ2v) is 5.98. The van der Waals surface area contributed by atoms with Crippen LogP contribution in [0, 0.1) is 11.6 Å². The summed E-state index contributed by atoms with van der Waals surface area (Å²) in [4.78, 5) is 18.8. The summed E-state index contributed by atoms with van der Waals surface area (Å²) >= 11 is 0. The normalized spacial score (nSPS) is 12.8. The smallest absolute Gasteiger partial charge is 0.256 e. The van der Waals surface area contributed by atoms with E-state index in [0.29, 0.717) is 5.82 Å². The lowest BCUT2D eigenvalue weighted by Gasteiger charge is -2.18. The molecular weight excluding hydrogens is 336 g/mol. The van der Waals surface area contributed by atoms with Gasteiger partial charge in [0.1, 0.15) is 23.1 Å². The van der Waals surface area contributed by atoms with Gasteiger partial charge >= 0.3 is 0 Å². The summed E-state index contributed by atoms with van der Waals surface area (Å²) < 4.78 is 27.5. The van der Waals surface area contributed by atoms with Gasteiger partial charge in [-0.15, -0.1) is 0 Å². The van der Waals surface area contributed by atoms with Crippen molar-refractivity contribution >= 4 is 23.1 Å². The van der Waals surface area contributed by atoms with Gasteiger partial charge in [-0.3, -0.25) is 4.79 Å². The first-order valence-electron chi connectivity index (χ1n) is 8.20. The number of carbonyl (C=O) groups excluding carboxylic acids is 1. The fraction of sp³-hybridized carbons (Fsp3) is 0.100. The molecule has 0 fully saturated rings. The Morgan fingerprint density at radius 2 is 1.81 bits per heavy atom. The first-order valence-corrected chi connectivity index (χ1v) is 8.20. The number of benzene rings is 2. The molecule has 130 valence electrons. The Morgan fingerprint density at radius 3 is 2.62 bits per heavy atom. The maximum Gasteiger partial charge on any atom is 0.256 e. The number of rotatable bonds is 3. The van der Waals surface area contributed by atoms with E-state index < -0.39 is 23.2 Å². The molecular formula is C20H15F2N3O. The highest BCUT2D eigenvalue weighted by molar-refractivity contribution is 6.04. The Kier molecular flexibility index (Phi) is 4.08. The summed E-state index contributed by atoms with van der Waals surface area (Å²) in [6.45, 7) is 0.763. The van der Waals surface area contributed by atoms with Gasteiger partial charge < -0.3 is 10.2 Å². The van der Waals surface area contributed by atoms with E-state index in [9.17, 15) is 13.6 Å². The van der Waals surface area contributed by atoms with Crippen LogP contribution in [0.4, 0.5) is 26.0 Å². The zero-order valence-electron chi connectivity index (χ0n) is 13.7. The molecule has 0 radical (unpaired) electrons. The van der Waals surface area contributed by atoms with Crippen molar-refractivity contribution < 1.29 is 13.6 Å². The highest BCUT2D eigenvalue weighted by atomic mass is 19.1. The van der Waals surface area contributed by atoms with Gasteiger partial charge in [-0.1, -0.05) is 24.3 Å². The summed E-state index contributed by atoms with van der Waals surface area (Å²) in [7, 11) is 0. The summed E-state index contributed by atoms with van der Waals surface area (Å²) in [5.74, 6) is -1.61. The minimum absolute atomic E-state index is 0.280. The number of para-hydroxylation sites is 2. The number of amides is 1. The number of halogens is 2. The molecule has 2 aromatic carbocycles. The number of nitrogens with one attached hydrogen (secondary N) is 1. The topological polar surface area (TPSA) is 45.2 Å². The Bertz CT molecular complexity index is 970. The minimum atomic E-state index is -0.818. The molecule has 4 nitrogen and oxygen atoms in total. The molecule has 0 unspecified atom stereocenters. The summed E-state index contributed by atoms with van der Waals surface area (Å²) in [6, 6.07) is 14.6. The number of carbonyl (C=O) groups is 1. The quantitative estimate of drug-likeness (QED) is 0.765. The van der Waals surface area contributed by atoms with Crippen LogP contribution >= 0.6 is 0 Å². The van der Waals surface area contributed by atoms with Crippen LogP contribution in [-0.4, -0.2) is 17.4 Å². The first kappa shape index (κ1) is 16.2. The van der Waals surface area contributed by atoms with Crippen molar-refractivity contribution in [3.05, 3.63) is 83.6 Å². The highest BCUT2D eigenvalue weighted by Gasteiger charge is 2.22. The summed E-state index contributed by atoms with van der Waals surface area (Å²) in [5, 5.41) is 2.30. The van der Waals surface area contributed by atoms with Gasteiger partial charge in [-0.25, -0.2) is 13.8 Å². The number of hydrogen-bond donors (Lipinski definition) is 1. The van der Waals surface area contributed by atoms with E-state index in [4.69, 9.17) is 0 Å². The molecule has 3 aromatic rings. The number of hydrogen-bond acceptors (Lipinski definition) is 3. The fourth-order valence-corrected chi connectivity index (χ4v) is 3.09. The van der Waals surface area contributed by atoms with Crippen LogP contribution in [0.1, 0.15) is 15.9 Å². The van der Waals surface area contributed by atoms with E-state index in [1.54, 1.807) is 6.07 Å². The molecule has 0 saturated carbocycles. The molecule has 1 aliphatic heterocycles. The van der Waals surface area contributed by atoms with Crippen molar-refractivity contribution in [1.29, 1.82) is 0 Å². The number of aromatic nitrogens is 1. The van der Waals surface area contributed by atoms with Crippen molar-refractivity contribution in [1.82, 2.24) is 4.98 Å². The van der Waals surface area contributed by atoms with Crippen molar-refractivity contribution in [2.75, 3.05) is 16.8 Å². The Labute approximate surface area is 149 Å². The minimum Gasteiger partial charge on any atom is -0.326 e. The molecule has 26 heavy (non-hydrogen) atoms. The Morgan fingerprint density at radius 1 is 1.04 bits per heavy atom. The van der Waals surface area contributed by atoms with E-state index in [2.05, 4.69) is 16.4 Å². The van der Waals surface area contributed by atoms with Crippen LogP contribution in [0.25, 0.3) is 0 Å². The molecule has 0 saturated heterocycles. The zero-order valence-corrected chi connectivity index (χ0v) is 13.7. The zero-order chi connectivity index (χ0) is 18.1. The molecule has 1 aliphatic rings. The van der Waals surface area contributed by atoms with E-state index >= 15 is 0 Å². The van der Waals surface area contributed by atoms with Crippen molar-refractivity contribution in [3.8, 4) is 0 Å². The largest absolute Gasteiger partial charge is 0.326 e. The first-order chi connectivity index (χ1) is 12.6. The third kappa shape index (κ3) is 2.90. The lowest BCUT2D eigenvalue weighted by Crippen LogP contribution is -2.18. The molecule has 0 atom stereocenters. The van der Waals surface area contributed by atoms with Crippen LogP contribution in [-0.2, 0) is 6.42 Å². The standard InChI is InChI=1S/C20H15F2N3O/c21-15-5-3-6-16(22)19(15)24-20(26)14-8-10-23-18(12-14)25-11-9-13-4-1-2-7-17(13)25/h1-8,10,12H,9,11H2,(H,24,26). The van der Waals surface area contributed by atoms with Gasteiger partial charge in [0.25, 0.3) is 5.91 Å². The van der Waals surface area contributed by atoms with E-state index in [1.165, 1.54) is 23.9 Å². The average molecular weight is 351 g/mol. The van der Waals surface area contributed by atoms with Crippen LogP contribution < -0.4 is 10.2 Å². The van der Waals surface area contributed by atoms with Crippen LogP contribution in [0.15, 0.2) is 60.8 Å². The molecule has 0 aliphatic carbocycles. The van der Waals surface area contributed by atoms with E-state index in [0.717, 1.165) is 30.8 Å². The van der Waals surface area contributed by atoms with Gasteiger partial charge in [0.05, 0.1) is 0 Å². The van der Waals surface area contributed by atoms with Gasteiger partial charge in [0, 0.05) is 24.0 Å². The van der Waals surface area contributed by atoms with E-state index in [-0.39, 0.29) is 5.56 Å². The van der Waals surface area contributed by atoms with Gasteiger partial charge in [0.2, 0.25) is 0 Å². The van der Waals surface area contributed by atoms with Crippen molar-refractivity contribution in [2.45, 2.75) is 6.42 Å². The highest BCUT2D eigenvalue weighted by Crippen LogP contribution is 2.33. The van der Waals surface area contributed by atoms with Crippen LogP contribution in [0.5, 0.6) is 0 Å². The molecule has 0 bridgehead atoms. The van der Waals surface area contributed by atoms with E-state index in [1.807, 2.05) is 23.1 Å². The van der Waals surface area contributed by atoms with Gasteiger partial charge in [0.15, 0.2) is 0 Å². The lowest BCUT2D eigenvalue weighted by atomic mass is 10.2. The molecule has 2 heterocycles. The third-order valence-corrected chi connectivity index (χ3v) is 4.37.